The van der Waals surface area contributed by atoms with E-state index in [4.69, 9.17) is 9.47 Å². The highest BCUT2D eigenvalue weighted by molar-refractivity contribution is 5.95. The van der Waals surface area contributed by atoms with Crippen molar-refractivity contribution in [2.24, 2.45) is 7.05 Å². The third-order valence-electron chi connectivity index (χ3n) is 5.91. The second-order valence-electron chi connectivity index (χ2n) is 8.07. The van der Waals surface area contributed by atoms with Gasteiger partial charge in [0.05, 0.1) is 26.3 Å². The molecule has 4 aromatic rings. The van der Waals surface area contributed by atoms with E-state index in [9.17, 15) is 4.79 Å². The van der Waals surface area contributed by atoms with Crippen molar-refractivity contribution < 1.29 is 14.3 Å². The van der Waals surface area contributed by atoms with E-state index in [0.717, 1.165) is 17.1 Å². The number of methoxy groups -OCH3 is 1. The van der Waals surface area contributed by atoms with Crippen LogP contribution in [0.3, 0.4) is 0 Å². The maximum Gasteiger partial charge on any atom is 0.251 e. The Morgan fingerprint density at radius 2 is 2.09 bits per heavy atom. The third-order valence-corrected chi connectivity index (χ3v) is 5.91. The Bertz CT molecular complexity index is 1340. The number of hydrogen-bond donors (Lipinski definition) is 2. The highest BCUT2D eigenvalue weighted by Gasteiger charge is 2.26. The molecule has 5 rings (SSSR count). The summed E-state index contributed by atoms with van der Waals surface area (Å²) >= 11 is 0. The lowest BCUT2D eigenvalue weighted by Crippen LogP contribution is -2.32. The van der Waals surface area contributed by atoms with E-state index in [1.54, 1.807) is 25.4 Å². The Labute approximate surface area is 202 Å². The van der Waals surface area contributed by atoms with Crippen LogP contribution in [-0.4, -0.2) is 44.4 Å². The number of ether oxygens (including phenoxy) is 2. The van der Waals surface area contributed by atoms with E-state index in [1.807, 2.05) is 48.0 Å². The van der Waals surface area contributed by atoms with Crippen LogP contribution in [0.4, 0.5) is 5.69 Å². The molecule has 3 heterocycles. The molecule has 0 radical (unpaired) electrons. The van der Waals surface area contributed by atoms with Gasteiger partial charge in [0.1, 0.15) is 12.0 Å². The van der Waals surface area contributed by atoms with Crippen LogP contribution in [0.5, 0.6) is 11.5 Å². The number of carbonyl (C=O) groups is 1. The van der Waals surface area contributed by atoms with Crippen LogP contribution < -0.4 is 20.1 Å². The molecule has 1 aliphatic rings. The molecule has 10 heteroatoms. The predicted octanol–water partition coefficient (Wildman–Crippen LogP) is 3.15. The molecular formula is C25H25N7O3. The summed E-state index contributed by atoms with van der Waals surface area (Å²) in [7, 11) is 3.50. The summed E-state index contributed by atoms with van der Waals surface area (Å²) < 4.78 is 13.1. The monoisotopic (exact) mass is 471 g/mol. The number of anilines is 1. The van der Waals surface area contributed by atoms with Crippen molar-refractivity contribution >= 4 is 11.6 Å². The maximum absolute atomic E-state index is 13.1. The lowest BCUT2D eigenvalue weighted by atomic mass is 9.99. The summed E-state index contributed by atoms with van der Waals surface area (Å²) in [6.07, 6.45) is 3.83. The van der Waals surface area contributed by atoms with Crippen LogP contribution in [0.15, 0.2) is 61.1 Å². The van der Waals surface area contributed by atoms with Crippen molar-refractivity contribution in [3.63, 3.8) is 0 Å². The molecule has 178 valence electrons. The maximum atomic E-state index is 13.1. The third kappa shape index (κ3) is 4.63. The molecular weight excluding hydrogens is 446 g/mol. The summed E-state index contributed by atoms with van der Waals surface area (Å²) in [5.74, 6) is 2.59. The fourth-order valence-electron chi connectivity index (χ4n) is 4.06. The first-order valence-corrected chi connectivity index (χ1v) is 11.2. The number of amides is 1. The molecule has 0 unspecified atom stereocenters. The molecule has 0 spiro atoms. The number of rotatable bonds is 7. The largest absolute Gasteiger partial charge is 0.493 e. The van der Waals surface area contributed by atoms with Crippen LogP contribution in [0.1, 0.15) is 34.2 Å². The van der Waals surface area contributed by atoms with E-state index in [0.29, 0.717) is 48.2 Å². The molecule has 0 saturated heterocycles. The van der Waals surface area contributed by atoms with Gasteiger partial charge in [0.2, 0.25) is 0 Å². The number of fused-ring (bicyclic) bond motifs is 1. The minimum atomic E-state index is -0.156. The standard InChI is InChI=1S/C25H25N7O3/c1-32-22(30-31-24(32)20-9-11-26-15-28-20)14-27-17-6-3-5-16(13-17)25(33)29-19-10-12-35-23-18(19)7-4-8-21(23)34-2/h3-9,11,13,15,19,27H,10,12,14H2,1-2H3,(H,29,33)/t19-/m0/s1. The van der Waals surface area contributed by atoms with E-state index < -0.39 is 0 Å². The molecule has 1 amide bonds. The van der Waals surface area contributed by atoms with Gasteiger partial charge in [-0.2, -0.15) is 0 Å². The fourth-order valence-corrected chi connectivity index (χ4v) is 4.06. The molecule has 2 aromatic heterocycles. The fraction of sp³-hybridized carbons (Fsp3) is 0.240. The summed E-state index contributed by atoms with van der Waals surface area (Å²) in [5.41, 5.74) is 2.98. The molecule has 2 N–H and O–H groups in total. The number of benzene rings is 2. The first-order valence-electron chi connectivity index (χ1n) is 11.2. The van der Waals surface area contributed by atoms with Crippen molar-refractivity contribution in [3.05, 3.63) is 78.0 Å². The van der Waals surface area contributed by atoms with Gasteiger partial charge in [-0.05, 0) is 30.3 Å². The molecule has 0 bridgehead atoms. The van der Waals surface area contributed by atoms with Crippen LogP contribution in [0, 0.1) is 0 Å². The number of nitrogens with zero attached hydrogens (tertiary/aromatic N) is 5. The van der Waals surface area contributed by atoms with Gasteiger partial charge in [-0.3, -0.25) is 4.79 Å². The molecule has 0 saturated carbocycles. The van der Waals surface area contributed by atoms with Crippen LogP contribution in [0.25, 0.3) is 11.5 Å². The Balaban J connectivity index is 1.27. The van der Waals surface area contributed by atoms with Gasteiger partial charge in [-0.25, -0.2) is 9.97 Å². The Morgan fingerprint density at radius 1 is 1.20 bits per heavy atom. The van der Waals surface area contributed by atoms with Gasteiger partial charge >= 0.3 is 0 Å². The minimum absolute atomic E-state index is 0.154. The minimum Gasteiger partial charge on any atom is -0.493 e. The van der Waals surface area contributed by atoms with Crippen molar-refractivity contribution in [1.82, 2.24) is 30.0 Å². The smallest absolute Gasteiger partial charge is 0.251 e. The van der Waals surface area contributed by atoms with Gasteiger partial charge in [0.25, 0.3) is 5.91 Å². The van der Waals surface area contributed by atoms with Gasteiger partial charge < -0.3 is 24.7 Å². The Hall–Kier alpha value is -4.47. The van der Waals surface area contributed by atoms with Crippen molar-refractivity contribution in [2.75, 3.05) is 19.0 Å². The zero-order chi connectivity index (χ0) is 24.2. The summed E-state index contributed by atoms with van der Waals surface area (Å²) in [5, 5.41) is 15.0. The van der Waals surface area contributed by atoms with Gasteiger partial charge in [0, 0.05) is 36.5 Å². The van der Waals surface area contributed by atoms with Crippen LogP contribution in [-0.2, 0) is 13.6 Å². The number of aromatic nitrogens is 5. The Morgan fingerprint density at radius 3 is 2.91 bits per heavy atom. The van der Waals surface area contributed by atoms with E-state index >= 15 is 0 Å². The molecule has 1 aliphatic heterocycles. The lowest BCUT2D eigenvalue weighted by Gasteiger charge is -2.27. The summed E-state index contributed by atoms with van der Waals surface area (Å²) in [4.78, 5) is 21.2. The first kappa shape index (κ1) is 22.3. The summed E-state index contributed by atoms with van der Waals surface area (Å²) in [6.45, 7) is 0.946. The average molecular weight is 472 g/mol. The second-order valence-corrected chi connectivity index (χ2v) is 8.07. The number of para-hydroxylation sites is 1. The van der Waals surface area contributed by atoms with Crippen molar-refractivity contribution in [2.45, 2.75) is 19.0 Å². The highest BCUT2D eigenvalue weighted by Crippen LogP contribution is 2.39. The zero-order valence-electron chi connectivity index (χ0n) is 19.4. The average Bonchev–Trinajstić information content (AvgIpc) is 3.28. The number of nitrogens with one attached hydrogen (secondary N) is 2. The second kappa shape index (κ2) is 9.80. The topological polar surface area (TPSA) is 116 Å². The van der Waals surface area contributed by atoms with Crippen LogP contribution >= 0.6 is 0 Å². The molecule has 10 nitrogen and oxygen atoms in total. The van der Waals surface area contributed by atoms with E-state index in [2.05, 4.69) is 30.8 Å². The molecule has 35 heavy (non-hydrogen) atoms. The predicted molar refractivity (Wildman–Crippen MR) is 129 cm³/mol. The molecule has 0 fully saturated rings. The highest BCUT2D eigenvalue weighted by atomic mass is 16.5. The van der Waals surface area contributed by atoms with Gasteiger partial charge in [0.15, 0.2) is 23.1 Å². The number of hydrogen-bond acceptors (Lipinski definition) is 8. The lowest BCUT2D eigenvalue weighted by molar-refractivity contribution is 0.0924. The van der Waals surface area contributed by atoms with E-state index in [1.165, 1.54) is 6.33 Å². The van der Waals surface area contributed by atoms with E-state index in [-0.39, 0.29) is 11.9 Å². The first-order chi connectivity index (χ1) is 17.1. The van der Waals surface area contributed by atoms with Gasteiger partial charge in [-0.15, -0.1) is 10.2 Å². The quantitative estimate of drug-likeness (QED) is 0.422. The number of carbonyl (C=O) groups excluding carboxylic acids is 1. The van der Waals surface area contributed by atoms with Crippen LogP contribution in [0.2, 0.25) is 0 Å². The summed E-state index contributed by atoms with van der Waals surface area (Å²) in [6, 6.07) is 14.7. The normalized spacial score (nSPS) is 14.5. The SMILES string of the molecule is COc1cccc2c1OCC[C@@H]2NC(=O)c1cccc(NCc2nnc(-c3ccncn3)n2C)c1. The zero-order valence-corrected chi connectivity index (χ0v) is 19.4. The van der Waals surface area contributed by atoms with Gasteiger partial charge in [-0.1, -0.05) is 18.2 Å². The molecule has 0 aliphatic carbocycles. The molecule has 1 atom stereocenters. The molecule has 2 aromatic carbocycles. The Kier molecular flexibility index (Phi) is 6.25. The van der Waals surface area contributed by atoms with Crippen molar-refractivity contribution in [1.29, 1.82) is 0 Å². The van der Waals surface area contributed by atoms with Crippen molar-refractivity contribution in [3.8, 4) is 23.0 Å².